The maximum Gasteiger partial charge on any atom is 0.138 e. The molecule has 0 unspecified atom stereocenters. The quantitative estimate of drug-likeness (QED) is 0.735. The van der Waals surface area contributed by atoms with E-state index in [1.165, 1.54) is 0 Å². The predicted octanol–water partition coefficient (Wildman–Crippen LogP) is 3.06. The van der Waals surface area contributed by atoms with E-state index in [0.717, 1.165) is 42.3 Å². The minimum absolute atomic E-state index is 0.645. The van der Waals surface area contributed by atoms with Crippen LogP contribution in [0.1, 0.15) is 29.0 Å². The Morgan fingerprint density at radius 2 is 2.00 bits per heavy atom. The summed E-state index contributed by atoms with van der Waals surface area (Å²) in [4.78, 5) is 2.23. The van der Waals surface area contributed by atoms with Crippen molar-refractivity contribution in [3.63, 3.8) is 0 Å². The van der Waals surface area contributed by atoms with E-state index in [1.807, 2.05) is 26.0 Å². The second-order valence-corrected chi connectivity index (χ2v) is 5.38. The van der Waals surface area contributed by atoms with Crippen molar-refractivity contribution in [2.24, 2.45) is 0 Å². The number of nitrogens with zero attached hydrogens (tertiary/aromatic N) is 3. The second kappa shape index (κ2) is 7.62. The molecule has 5 heteroatoms. The predicted molar refractivity (Wildman–Crippen MR) is 83.6 cm³/mol. The van der Waals surface area contributed by atoms with Gasteiger partial charge in [-0.2, -0.15) is 5.26 Å². The first-order chi connectivity index (χ1) is 10.6. The molecule has 0 aliphatic heterocycles. The monoisotopic (exact) mass is 299 g/mol. The van der Waals surface area contributed by atoms with E-state index >= 15 is 0 Å². The molecule has 1 aromatic heterocycles. The van der Waals surface area contributed by atoms with Gasteiger partial charge in [-0.25, -0.2) is 0 Å². The second-order valence-electron chi connectivity index (χ2n) is 5.38. The van der Waals surface area contributed by atoms with Crippen molar-refractivity contribution in [1.82, 2.24) is 10.1 Å². The average Bonchev–Trinajstić information content (AvgIpc) is 2.84. The first-order valence-electron chi connectivity index (χ1n) is 7.33. The molecular formula is C17H21N3O2. The Morgan fingerprint density at radius 1 is 1.27 bits per heavy atom. The van der Waals surface area contributed by atoms with Gasteiger partial charge in [-0.1, -0.05) is 5.16 Å². The van der Waals surface area contributed by atoms with Gasteiger partial charge in [-0.15, -0.1) is 0 Å². The lowest BCUT2D eigenvalue weighted by Crippen LogP contribution is -2.21. The first kappa shape index (κ1) is 16.1. The van der Waals surface area contributed by atoms with E-state index in [2.05, 4.69) is 23.2 Å². The molecule has 1 heterocycles. The van der Waals surface area contributed by atoms with Crippen molar-refractivity contribution in [2.75, 3.05) is 20.2 Å². The molecule has 2 aromatic rings. The van der Waals surface area contributed by atoms with Crippen LogP contribution in [0.3, 0.4) is 0 Å². The van der Waals surface area contributed by atoms with Crippen LogP contribution < -0.4 is 4.74 Å². The van der Waals surface area contributed by atoms with Crippen LogP contribution in [0.4, 0.5) is 0 Å². The maximum atomic E-state index is 8.74. The van der Waals surface area contributed by atoms with Crippen molar-refractivity contribution in [3.05, 3.63) is 46.8 Å². The van der Waals surface area contributed by atoms with E-state index < -0.39 is 0 Å². The molecule has 1 aromatic carbocycles. The summed E-state index contributed by atoms with van der Waals surface area (Å²) in [6, 6.07) is 9.27. The van der Waals surface area contributed by atoms with Gasteiger partial charge in [-0.3, -0.25) is 0 Å². The summed E-state index contributed by atoms with van der Waals surface area (Å²) in [7, 11) is 2.08. The largest absolute Gasteiger partial charge is 0.494 e. The Labute approximate surface area is 131 Å². The summed E-state index contributed by atoms with van der Waals surface area (Å²) in [6.45, 7) is 6.32. The fourth-order valence-corrected chi connectivity index (χ4v) is 2.23. The highest BCUT2D eigenvalue weighted by Crippen LogP contribution is 2.15. The van der Waals surface area contributed by atoms with Crippen molar-refractivity contribution in [3.8, 4) is 11.8 Å². The molecule has 0 atom stereocenters. The third-order valence-corrected chi connectivity index (χ3v) is 3.55. The zero-order valence-electron chi connectivity index (χ0n) is 13.3. The van der Waals surface area contributed by atoms with E-state index in [4.69, 9.17) is 14.5 Å². The number of hydrogen-bond acceptors (Lipinski definition) is 5. The molecule has 0 saturated carbocycles. The number of ether oxygens (including phenoxy) is 1. The fourth-order valence-electron chi connectivity index (χ4n) is 2.23. The van der Waals surface area contributed by atoms with Crippen LogP contribution in [-0.4, -0.2) is 30.3 Å². The van der Waals surface area contributed by atoms with Gasteiger partial charge in [0.25, 0.3) is 0 Å². The Balaban J connectivity index is 1.71. The Hall–Kier alpha value is -2.32. The van der Waals surface area contributed by atoms with Crippen LogP contribution in [-0.2, 0) is 6.54 Å². The number of rotatable bonds is 7. The minimum atomic E-state index is 0.645. The van der Waals surface area contributed by atoms with E-state index in [1.54, 1.807) is 12.1 Å². The summed E-state index contributed by atoms with van der Waals surface area (Å²) >= 11 is 0. The normalized spacial score (nSPS) is 10.7. The third kappa shape index (κ3) is 4.34. The standard InChI is InChI=1S/C17H21N3O2/c1-13-17(14(2)22-19-13)12-20(3)9-4-10-21-16-7-5-15(11-18)6-8-16/h5-8H,4,9-10,12H2,1-3H3. The van der Waals surface area contributed by atoms with Gasteiger partial charge in [0.05, 0.1) is 23.9 Å². The summed E-state index contributed by atoms with van der Waals surface area (Å²) < 4.78 is 10.8. The molecule has 0 aliphatic carbocycles. The molecule has 0 aliphatic rings. The number of hydrogen-bond donors (Lipinski definition) is 0. The molecule has 0 bridgehead atoms. The molecular weight excluding hydrogens is 278 g/mol. The smallest absolute Gasteiger partial charge is 0.138 e. The van der Waals surface area contributed by atoms with E-state index in [-0.39, 0.29) is 0 Å². The van der Waals surface area contributed by atoms with Crippen molar-refractivity contribution in [2.45, 2.75) is 26.8 Å². The fraction of sp³-hybridized carbons (Fsp3) is 0.412. The van der Waals surface area contributed by atoms with E-state index in [0.29, 0.717) is 12.2 Å². The number of nitriles is 1. The molecule has 2 rings (SSSR count). The lowest BCUT2D eigenvalue weighted by Gasteiger charge is -2.16. The van der Waals surface area contributed by atoms with Gasteiger partial charge in [0.1, 0.15) is 11.5 Å². The Bertz CT molecular complexity index is 621. The van der Waals surface area contributed by atoms with Gasteiger partial charge in [0.15, 0.2) is 0 Å². The zero-order valence-corrected chi connectivity index (χ0v) is 13.3. The topological polar surface area (TPSA) is 62.3 Å². The Morgan fingerprint density at radius 3 is 2.59 bits per heavy atom. The van der Waals surface area contributed by atoms with Crippen LogP contribution >= 0.6 is 0 Å². The first-order valence-corrected chi connectivity index (χ1v) is 7.33. The van der Waals surface area contributed by atoms with Crippen LogP contribution in [0.5, 0.6) is 5.75 Å². The van der Waals surface area contributed by atoms with Crippen LogP contribution in [0.15, 0.2) is 28.8 Å². The van der Waals surface area contributed by atoms with Crippen LogP contribution in [0.2, 0.25) is 0 Å². The highest BCUT2D eigenvalue weighted by atomic mass is 16.5. The summed E-state index contributed by atoms with van der Waals surface area (Å²) in [6.07, 6.45) is 0.930. The SMILES string of the molecule is Cc1noc(C)c1CN(C)CCCOc1ccc(C#N)cc1. The highest BCUT2D eigenvalue weighted by molar-refractivity contribution is 5.34. The van der Waals surface area contributed by atoms with Crippen molar-refractivity contribution >= 4 is 0 Å². The van der Waals surface area contributed by atoms with Crippen molar-refractivity contribution in [1.29, 1.82) is 5.26 Å². The minimum Gasteiger partial charge on any atom is -0.494 e. The summed E-state index contributed by atoms with van der Waals surface area (Å²) in [5.41, 5.74) is 2.76. The third-order valence-electron chi connectivity index (χ3n) is 3.55. The molecule has 22 heavy (non-hydrogen) atoms. The Kier molecular flexibility index (Phi) is 5.56. The molecule has 0 spiro atoms. The number of benzene rings is 1. The molecule has 0 saturated heterocycles. The molecule has 0 radical (unpaired) electrons. The van der Waals surface area contributed by atoms with Gasteiger partial charge < -0.3 is 14.2 Å². The van der Waals surface area contributed by atoms with Crippen molar-refractivity contribution < 1.29 is 9.26 Å². The summed E-state index contributed by atoms with van der Waals surface area (Å²) in [5.74, 6) is 1.69. The van der Waals surface area contributed by atoms with E-state index in [9.17, 15) is 0 Å². The number of aryl methyl sites for hydroxylation is 2. The molecule has 116 valence electrons. The van der Waals surface area contributed by atoms with Gasteiger partial charge in [0, 0.05) is 18.7 Å². The molecule has 0 N–H and O–H groups in total. The zero-order chi connectivity index (χ0) is 15.9. The lowest BCUT2D eigenvalue weighted by molar-refractivity contribution is 0.258. The number of aromatic nitrogens is 1. The van der Waals surface area contributed by atoms with Crippen LogP contribution in [0.25, 0.3) is 0 Å². The van der Waals surface area contributed by atoms with Gasteiger partial charge >= 0.3 is 0 Å². The van der Waals surface area contributed by atoms with Gasteiger partial charge in [0.2, 0.25) is 0 Å². The highest BCUT2D eigenvalue weighted by Gasteiger charge is 2.11. The van der Waals surface area contributed by atoms with Crippen LogP contribution in [0, 0.1) is 25.2 Å². The summed E-state index contributed by atoms with van der Waals surface area (Å²) in [5, 5.41) is 12.7. The lowest BCUT2D eigenvalue weighted by atomic mass is 10.2. The average molecular weight is 299 g/mol. The molecule has 0 amide bonds. The molecule has 0 fully saturated rings. The molecule has 5 nitrogen and oxygen atoms in total. The van der Waals surface area contributed by atoms with Gasteiger partial charge in [-0.05, 0) is 51.6 Å². The maximum absolute atomic E-state index is 8.74.